The van der Waals surface area contributed by atoms with Crippen molar-refractivity contribution in [3.8, 4) is 24.7 Å². The molecule has 0 spiro atoms. The van der Waals surface area contributed by atoms with Crippen LogP contribution < -0.4 is 0 Å². The van der Waals surface area contributed by atoms with Crippen LogP contribution in [0.15, 0.2) is 36.5 Å². The number of allylic oxidation sites excluding steroid dienone is 4. The van der Waals surface area contributed by atoms with E-state index in [0.717, 1.165) is 12.8 Å². The zero-order valence-electron chi connectivity index (χ0n) is 20.4. The Kier molecular flexibility index (Phi) is 24.1. The quantitative estimate of drug-likeness (QED) is 0.103. The van der Waals surface area contributed by atoms with Crippen molar-refractivity contribution in [2.24, 2.45) is 0 Å². The predicted octanol–water partition coefficient (Wildman–Crippen LogP) is 7.67. The Labute approximate surface area is 199 Å². The summed E-state index contributed by atoms with van der Waals surface area (Å²) >= 11 is 0. The molecule has 2 nitrogen and oxygen atoms in total. The SMILES string of the molecule is C#C[C@@H](O)C=CCCCCCCCCCC=CCCCCCCCCCC=C[C@H](O)C#C. The molecule has 0 unspecified atom stereocenters. The van der Waals surface area contributed by atoms with Crippen molar-refractivity contribution in [1.82, 2.24) is 0 Å². The standard InChI is InChI=1S/C30H48O2/c1-3-29(31)27-25-23-21-19-17-15-13-11-9-7-5-6-8-10-12-14-16-18-20-22-24-26-28-30(32)4-2/h1-2,5-6,25-32H,7-24H2/t29-,30-/m1/s1. The predicted molar refractivity (Wildman–Crippen MR) is 140 cm³/mol. The highest BCUT2D eigenvalue weighted by molar-refractivity contribution is 5.06. The third-order valence-electron chi connectivity index (χ3n) is 5.63. The third-order valence-corrected chi connectivity index (χ3v) is 5.63. The van der Waals surface area contributed by atoms with E-state index in [1.807, 2.05) is 12.2 Å². The van der Waals surface area contributed by atoms with Gasteiger partial charge in [-0.05, 0) is 63.5 Å². The molecule has 0 aromatic heterocycles. The highest BCUT2D eigenvalue weighted by atomic mass is 16.3. The molecule has 2 atom stereocenters. The maximum absolute atomic E-state index is 9.21. The van der Waals surface area contributed by atoms with Gasteiger partial charge in [-0.25, -0.2) is 0 Å². The molecule has 0 heterocycles. The van der Waals surface area contributed by atoms with E-state index in [4.69, 9.17) is 12.8 Å². The van der Waals surface area contributed by atoms with Gasteiger partial charge in [0.2, 0.25) is 0 Å². The fourth-order valence-corrected chi connectivity index (χ4v) is 3.61. The van der Waals surface area contributed by atoms with Crippen molar-refractivity contribution in [3.63, 3.8) is 0 Å². The van der Waals surface area contributed by atoms with Gasteiger partial charge < -0.3 is 10.2 Å². The lowest BCUT2D eigenvalue weighted by atomic mass is 10.1. The van der Waals surface area contributed by atoms with Gasteiger partial charge in [-0.1, -0.05) is 100 Å². The van der Waals surface area contributed by atoms with Gasteiger partial charge in [-0.2, -0.15) is 0 Å². The molecule has 0 saturated carbocycles. The average Bonchev–Trinajstić information content (AvgIpc) is 2.81. The molecule has 2 heteroatoms. The zero-order valence-corrected chi connectivity index (χ0v) is 20.4. The minimum atomic E-state index is -0.721. The fraction of sp³-hybridized carbons (Fsp3) is 0.667. The monoisotopic (exact) mass is 440 g/mol. The molecule has 0 aliphatic rings. The van der Waals surface area contributed by atoms with Crippen LogP contribution in [-0.4, -0.2) is 22.4 Å². The molecule has 0 aromatic rings. The van der Waals surface area contributed by atoms with Gasteiger partial charge in [0.1, 0.15) is 12.2 Å². The topological polar surface area (TPSA) is 40.5 Å². The molecule has 0 radical (unpaired) electrons. The zero-order chi connectivity index (χ0) is 23.5. The van der Waals surface area contributed by atoms with Gasteiger partial charge in [0.25, 0.3) is 0 Å². The van der Waals surface area contributed by atoms with Gasteiger partial charge in [0.05, 0.1) is 0 Å². The average molecular weight is 441 g/mol. The van der Waals surface area contributed by atoms with E-state index in [2.05, 4.69) is 24.0 Å². The molecule has 0 saturated heterocycles. The summed E-state index contributed by atoms with van der Waals surface area (Å²) in [4.78, 5) is 0. The minimum Gasteiger partial charge on any atom is -0.377 e. The molecular formula is C30H48O2. The number of unbranched alkanes of at least 4 members (excludes halogenated alkanes) is 16. The molecule has 0 aromatic carbocycles. The van der Waals surface area contributed by atoms with Crippen molar-refractivity contribution in [2.75, 3.05) is 0 Å². The van der Waals surface area contributed by atoms with Crippen molar-refractivity contribution in [2.45, 2.75) is 128 Å². The van der Waals surface area contributed by atoms with E-state index in [0.29, 0.717) is 0 Å². The summed E-state index contributed by atoms with van der Waals surface area (Å²) in [6.45, 7) is 0. The Hall–Kier alpha value is -1.74. The highest BCUT2D eigenvalue weighted by Gasteiger charge is 1.94. The number of aliphatic hydroxyl groups excluding tert-OH is 2. The number of hydrogen-bond acceptors (Lipinski definition) is 2. The summed E-state index contributed by atoms with van der Waals surface area (Å²) in [5, 5.41) is 18.4. The largest absolute Gasteiger partial charge is 0.377 e. The maximum Gasteiger partial charge on any atom is 0.133 e. The van der Waals surface area contributed by atoms with Crippen molar-refractivity contribution >= 4 is 0 Å². The first-order chi connectivity index (χ1) is 15.7. The van der Waals surface area contributed by atoms with Crippen LogP contribution in [0.25, 0.3) is 0 Å². The minimum absolute atomic E-state index is 0.721. The molecule has 0 amide bonds. The Bertz CT molecular complexity index is 508. The molecule has 0 fully saturated rings. The summed E-state index contributed by atoms with van der Waals surface area (Å²) in [7, 11) is 0. The maximum atomic E-state index is 9.21. The van der Waals surface area contributed by atoms with Crippen molar-refractivity contribution in [3.05, 3.63) is 36.5 Å². The lowest BCUT2D eigenvalue weighted by Gasteiger charge is -2.01. The van der Waals surface area contributed by atoms with Gasteiger partial charge >= 0.3 is 0 Å². The summed E-state index contributed by atoms with van der Waals surface area (Å²) in [6.07, 6.45) is 43.7. The summed E-state index contributed by atoms with van der Waals surface area (Å²) in [5.41, 5.74) is 0. The van der Waals surface area contributed by atoms with E-state index < -0.39 is 12.2 Å². The van der Waals surface area contributed by atoms with Crippen LogP contribution in [0, 0.1) is 24.7 Å². The number of hydrogen-bond donors (Lipinski definition) is 2. The Balaban J connectivity index is 3.21. The first-order valence-electron chi connectivity index (χ1n) is 13.0. The van der Waals surface area contributed by atoms with Crippen LogP contribution in [0.1, 0.15) is 116 Å². The second-order valence-electron chi connectivity index (χ2n) is 8.66. The van der Waals surface area contributed by atoms with Crippen molar-refractivity contribution < 1.29 is 10.2 Å². The van der Waals surface area contributed by atoms with E-state index in [1.54, 1.807) is 12.2 Å². The molecule has 0 bridgehead atoms. The van der Waals surface area contributed by atoms with Gasteiger partial charge in [-0.3, -0.25) is 0 Å². The van der Waals surface area contributed by atoms with E-state index in [-0.39, 0.29) is 0 Å². The Morgan fingerprint density at radius 2 is 0.688 bits per heavy atom. The second-order valence-corrected chi connectivity index (χ2v) is 8.66. The molecule has 180 valence electrons. The summed E-state index contributed by atoms with van der Waals surface area (Å²) in [6, 6.07) is 0. The first-order valence-corrected chi connectivity index (χ1v) is 13.0. The molecule has 32 heavy (non-hydrogen) atoms. The third kappa shape index (κ3) is 24.5. The van der Waals surface area contributed by atoms with E-state index in [9.17, 15) is 10.2 Å². The molecule has 2 N–H and O–H groups in total. The Morgan fingerprint density at radius 1 is 0.438 bits per heavy atom. The van der Waals surface area contributed by atoms with Crippen LogP contribution >= 0.6 is 0 Å². The van der Waals surface area contributed by atoms with Gasteiger partial charge in [0, 0.05) is 0 Å². The second kappa shape index (κ2) is 25.5. The van der Waals surface area contributed by atoms with Crippen molar-refractivity contribution in [1.29, 1.82) is 0 Å². The van der Waals surface area contributed by atoms with E-state index >= 15 is 0 Å². The van der Waals surface area contributed by atoms with Crippen LogP contribution in [-0.2, 0) is 0 Å². The lowest BCUT2D eigenvalue weighted by molar-refractivity contribution is 0.280. The summed E-state index contributed by atoms with van der Waals surface area (Å²) in [5.74, 6) is 4.57. The van der Waals surface area contributed by atoms with Crippen LogP contribution in [0.3, 0.4) is 0 Å². The van der Waals surface area contributed by atoms with Crippen LogP contribution in [0.2, 0.25) is 0 Å². The van der Waals surface area contributed by atoms with Gasteiger partial charge in [-0.15, -0.1) is 12.8 Å². The highest BCUT2D eigenvalue weighted by Crippen LogP contribution is 2.12. The molecule has 0 aliphatic carbocycles. The molecule has 0 aliphatic heterocycles. The molecule has 0 rings (SSSR count). The summed E-state index contributed by atoms with van der Waals surface area (Å²) < 4.78 is 0. The van der Waals surface area contributed by atoms with Crippen LogP contribution in [0.5, 0.6) is 0 Å². The normalized spacial score (nSPS) is 13.6. The number of rotatable bonds is 22. The fourth-order valence-electron chi connectivity index (χ4n) is 3.61. The lowest BCUT2D eigenvalue weighted by Crippen LogP contribution is -1.95. The van der Waals surface area contributed by atoms with Gasteiger partial charge in [0.15, 0.2) is 0 Å². The first kappa shape index (κ1) is 30.3. The number of aliphatic hydroxyl groups is 2. The Morgan fingerprint density at radius 3 is 0.969 bits per heavy atom. The molecular weight excluding hydrogens is 392 g/mol. The smallest absolute Gasteiger partial charge is 0.133 e. The van der Waals surface area contributed by atoms with Crippen LogP contribution in [0.4, 0.5) is 0 Å². The number of terminal acetylenes is 2. The van der Waals surface area contributed by atoms with E-state index in [1.165, 1.54) is 103 Å².